The highest BCUT2D eigenvalue weighted by Gasteiger charge is 2.40. The molecule has 0 rings (SSSR count). The molecule has 5 nitrogen and oxygen atoms in total. The Morgan fingerprint density at radius 3 is 2.23 bits per heavy atom. The maximum Gasteiger partial charge on any atom is 0.321 e. The van der Waals surface area contributed by atoms with Crippen LogP contribution in [0.5, 0.6) is 0 Å². The number of aliphatic hydroxyl groups is 1. The standard InChI is InChI=1S/C7H16O5S/c1-3-5-6-12-7(8,4-2)13(9,10)11/h8H,3-6H2,1-2H3,(H,9,10,11). The molecule has 1 unspecified atom stereocenters. The van der Waals surface area contributed by atoms with Gasteiger partial charge in [0.2, 0.25) is 0 Å². The summed E-state index contributed by atoms with van der Waals surface area (Å²) in [6, 6.07) is 0. The Bertz CT molecular complexity index is 235. The fourth-order valence-electron chi connectivity index (χ4n) is 0.735. The van der Waals surface area contributed by atoms with Gasteiger partial charge in [0.15, 0.2) is 0 Å². The Balaban J connectivity index is 4.31. The molecule has 0 heterocycles. The van der Waals surface area contributed by atoms with Gasteiger partial charge in [-0.15, -0.1) is 0 Å². The van der Waals surface area contributed by atoms with Gasteiger partial charge in [-0.3, -0.25) is 4.55 Å². The number of hydrogen-bond acceptors (Lipinski definition) is 4. The quantitative estimate of drug-likeness (QED) is 0.385. The van der Waals surface area contributed by atoms with Crippen LogP contribution in [0.3, 0.4) is 0 Å². The maximum absolute atomic E-state index is 10.7. The van der Waals surface area contributed by atoms with Crippen LogP contribution in [0, 0.1) is 0 Å². The van der Waals surface area contributed by atoms with Gasteiger partial charge in [-0.2, -0.15) is 8.42 Å². The van der Waals surface area contributed by atoms with Crippen molar-refractivity contribution in [2.45, 2.75) is 38.2 Å². The highest BCUT2D eigenvalue weighted by Crippen LogP contribution is 2.19. The van der Waals surface area contributed by atoms with E-state index in [9.17, 15) is 13.5 Å². The smallest absolute Gasteiger partial charge is 0.321 e. The zero-order valence-electron chi connectivity index (χ0n) is 7.86. The van der Waals surface area contributed by atoms with Crippen molar-refractivity contribution in [1.29, 1.82) is 0 Å². The molecule has 6 heteroatoms. The molecule has 0 spiro atoms. The summed E-state index contributed by atoms with van der Waals surface area (Å²) in [6.07, 6.45) is 1.26. The molecule has 0 saturated carbocycles. The van der Waals surface area contributed by atoms with Gasteiger partial charge in [0, 0.05) is 6.42 Å². The Kier molecular flexibility index (Phi) is 4.83. The topological polar surface area (TPSA) is 83.8 Å². The lowest BCUT2D eigenvalue weighted by atomic mass is 10.3. The second-order valence-electron chi connectivity index (χ2n) is 2.74. The summed E-state index contributed by atoms with van der Waals surface area (Å²) >= 11 is 0. The monoisotopic (exact) mass is 212 g/mol. The lowest BCUT2D eigenvalue weighted by Gasteiger charge is -2.22. The van der Waals surface area contributed by atoms with Crippen LogP contribution < -0.4 is 0 Å². The summed E-state index contributed by atoms with van der Waals surface area (Å²) in [7, 11) is -4.56. The van der Waals surface area contributed by atoms with Crippen molar-refractivity contribution in [2.24, 2.45) is 0 Å². The minimum Gasteiger partial charge on any atom is -0.352 e. The molecule has 2 N–H and O–H groups in total. The van der Waals surface area contributed by atoms with E-state index >= 15 is 0 Å². The first-order chi connectivity index (χ1) is 5.87. The van der Waals surface area contributed by atoms with E-state index in [0.717, 1.165) is 6.42 Å². The molecule has 0 saturated heterocycles. The second-order valence-corrected chi connectivity index (χ2v) is 4.33. The summed E-state index contributed by atoms with van der Waals surface area (Å²) in [6.45, 7) is 3.43. The lowest BCUT2D eigenvalue weighted by Crippen LogP contribution is -2.40. The molecule has 0 aromatic heterocycles. The first-order valence-electron chi connectivity index (χ1n) is 4.20. The summed E-state index contributed by atoms with van der Waals surface area (Å²) in [5, 5.41) is 6.88. The lowest BCUT2D eigenvalue weighted by molar-refractivity contribution is -0.144. The molecule has 0 aliphatic heterocycles. The van der Waals surface area contributed by atoms with E-state index in [4.69, 9.17) is 9.29 Å². The minimum absolute atomic E-state index is 0.112. The second kappa shape index (κ2) is 4.90. The van der Waals surface area contributed by atoms with Crippen LogP contribution in [-0.2, 0) is 14.9 Å². The molecule has 0 aliphatic carbocycles. The van der Waals surface area contributed by atoms with E-state index in [0.29, 0.717) is 6.42 Å². The Labute approximate surface area is 78.5 Å². The molecule has 1 atom stereocenters. The average Bonchev–Trinajstić information content (AvgIpc) is 2.02. The summed E-state index contributed by atoms with van der Waals surface area (Å²) in [5.74, 6) is 0. The third-order valence-corrected chi connectivity index (χ3v) is 2.89. The molecule has 0 radical (unpaired) electrons. The van der Waals surface area contributed by atoms with Gasteiger partial charge < -0.3 is 9.84 Å². The average molecular weight is 212 g/mol. The van der Waals surface area contributed by atoms with Crippen LogP contribution in [0.1, 0.15) is 33.1 Å². The van der Waals surface area contributed by atoms with E-state index < -0.39 is 15.2 Å². The van der Waals surface area contributed by atoms with E-state index in [1.54, 1.807) is 0 Å². The SMILES string of the molecule is CCCCOC(O)(CC)S(=O)(=O)O. The van der Waals surface area contributed by atoms with Gasteiger partial charge in [0.1, 0.15) is 0 Å². The van der Waals surface area contributed by atoms with E-state index in [-0.39, 0.29) is 13.0 Å². The summed E-state index contributed by atoms with van der Waals surface area (Å²) < 4.78 is 34.7. The third-order valence-electron chi connectivity index (χ3n) is 1.68. The van der Waals surface area contributed by atoms with Gasteiger partial charge >= 0.3 is 10.1 Å². The molecular formula is C7H16O5S. The highest BCUT2D eigenvalue weighted by molar-refractivity contribution is 7.86. The van der Waals surface area contributed by atoms with Crippen molar-refractivity contribution in [3.05, 3.63) is 0 Å². The predicted molar refractivity (Wildman–Crippen MR) is 47.6 cm³/mol. The van der Waals surface area contributed by atoms with Crippen LogP contribution in [0.2, 0.25) is 0 Å². The van der Waals surface area contributed by atoms with Crippen molar-refractivity contribution in [1.82, 2.24) is 0 Å². The highest BCUT2D eigenvalue weighted by atomic mass is 32.2. The Morgan fingerprint density at radius 1 is 1.38 bits per heavy atom. The molecule has 0 fully saturated rings. The van der Waals surface area contributed by atoms with Gasteiger partial charge in [-0.05, 0) is 6.42 Å². The Morgan fingerprint density at radius 2 is 1.92 bits per heavy atom. The molecular weight excluding hydrogens is 196 g/mol. The maximum atomic E-state index is 10.7. The molecule has 13 heavy (non-hydrogen) atoms. The van der Waals surface area contributed by atoms with Crippen LogP contribution >= 0.6 is 0 Å². The minimum atomic E-state index is -4.56. The molecule has 0 aromatic rings. The fraction of sp³-hybridized carbons (Fsp3) is 1.00. The zero-order chi connectivity index (χ0) is 10.5. The molecule has 0 amide bonds. The van der Waals surface area contributed by atoms with Crippen molar-refractivity contribution < 1.29 is 22.8 Å². The molecule has 0 bridgehead atoms. The molecule has 0 aromatic carbocycles. The van der Waals surface area contributed by atoms with Crippen molar-refractivity contribution in [2.75, 3.05) is 6.61 Å². The van der Waals surface area contributed by atoms with Gasteiger partial charge in [0.05, 0.1) is 6.61 Å². The fourth-order valence-corrected chi connectivity index (χ4v) is 1.33. The first-order valence-corrected chi connectivity index (χ1v) is 5.64. The van der Waals surface area contributed by atoms with Crippen molar-refractivity contribution >= 4 is 10.1 Å². The number of hydrogen-bond donors (Lipinski definition) is 2. The van der Waals surface area contributed by atoms with E-state index in [1.807, 2.05) is 6.92 Å². The summed E-state index contributed by atoms with van der Waals surface area (Å²) in [4.78, 5) is 0. The van der Waals surface area contributed by atoms with Gasteiger partial charge in [-0.1, -0.05) is 20.3 Å². The summed E-state index contributed by atoms with van der Waals surface area (Å²) in [5.41, 5.74) is 0. The number of ether oxygens (including phenoxy) is 1. The van der Waals surface area contributed by atoms with Crippen LogP contribution in [0.4, 0.5) is 0 Å². The van der Waals surface area contributed by atoms with Gasteiger partial charge in [0.25, 0.3) is 5.12 Å². The third kappa shape index (κ3) is 3.60. The normalized spacial score (nSPS) is 16.9. The first kappa shape index (κ1) is 12.8. The Hall–Kier alpha value is -0.170. The zero-order valence-corrected chi connectivity index (χ0v) is 8.67. The van der Waals surface area contributed by atoms with Gasteiger partial charge in [-0.25, -0.2) is 0 Å². The van der Waals surface area contributed by atoms with Crippen LogP contribution in [0.25, 0.3) is 0 Å². The van der Waals surface area contributed by atoms with Crippen molar-refractivity contribution in [3.8, 4) is 0 Å². The predicted octanol–water partition coefficient (Wildman–Crippen LogP) is 0.747. The van der Waals surface area contributed by atoms with Crippen LogP contribution in [0.15, 0.2) is 0 Å². The number of rotatable bonds is 6. The van der Waals surface area contributed by atoms with Crippen LogP contribution in [-0.4, -0.2) is 29.8 Å². The molecule has 80 valence electrons. The largest absolute Gasteiger partial charge is 0.352 e. The van der Waals surface area contributed by atoms with E-state index in [1.165, 1.54) is 6.92 Å². The molecule has 0 aliphatic rings. The number of unbranched alkanes of at least 4 members (excludes halogenated alkanes) is 1. The van der Waals surface area contributed by atoms with Crippen molar-refractivity contribution in [3.63, 3.8) is 0 Å². The van der Waals surface area contributed by atoms with E-state index in [2.05, 4.69) is 0 Å².